The molecule has 1 spiro atoms. The first-order valence-corrected chi connectivity index (χ1v) is 13.8. The zero-order valence-electron chi connectivity index (χ0n) is 19.8. The van der Waals surface area contributed by atoms with Crippen molar-refractivity contribution in [2.45, 2.75) is 18.0 Å². The summed E-state index contributed by atoms with van der Waals surface area (Å²) < 4.78 is 0. The number of halogens is 2. The lowest BCUT2D eigenvalue weighted by atomic mass is 9.64. The van der Waals surface area contributed by atoms with Gasteiger partial charge >= 0.3 is 0 Å². The second kappa shape index (κ2) is 8.50. The minimum Gasteiger partial charge on any atom is -0.352 e. The number of carbonyl (C=O) groups excluding carboxylic acids is 3. The molecule has 1 fully saturated rings. The summed E-state index contributed by atoms with van der Waals surface area (Å²) in [6.07, 6.45) is 3.79. The van der Waals surface area contributed by atoms with Crippen LogP contribution in [-0.4, -0.2) is 29.4 Å². The second-order valence-corrected chi connectivity index (χ2v) is 11.6. The van der Waals surface area contributed by atoms with Gasteiger partial charge in [-0.05, 0) is 52.9 Å². The molecule has 0 bridgehead atoms. The largest absolute Gasteiger partial charge is 0.352 e. The van der Waals surface area contributed by atoms with Crippen molar-refractivity contribution >= 4 is 63.7 Å². The van der Waals surface area contributed by atoms with Crippen molar-refractivity contribution < 1.29 is 14.4 Å². The number of Topliss-reactive ketones (excluding diaryl/α,β-unsaturated/α-hetero) is 3. The van der Waals surface area contributed by atoms with E-state index in [-0.39, 0.29) is 17.3 Å². The van der Waals surface area contributed by atoms with Crippen LogP contribution in [0.5, 0.6) is 0 Å². The monoisotopic (exact) mass is 555 g/mol. The maximum atomic E-state index is 14.5. The summed E-state index contributed by atoms with van der Waals surface area (Å²) in [5.74, 6) is -1.44. The van der Waals surface area contributed by atoms with Gasteiger partial charge in [0, 0.05) is 32.8 Å². The van der Waals surface area contributed by atoms with E-state index in [4.69, 9.17) is 23.2 Å². The molecule has 38 heavy (non-hydrogen) atoms. The third kappa shape index (κ3) is 3.07. The SMILES string of the molecule is O=C(c1cccs1)[C@@H]1[C@@H](c2cccc(Cl)c2)C2(C(=O)c3ccccc3C2=O)[C@@H]2C=Cc3cc(Cl)ccc3N12. The Morgan fingerprint density at radius 3 is 2.26 bits per heavy atom. The molecular formula is C31H19Cl2NO3S. The average molecular weight is 556 g/mol. The van der Waals surface area contributed by atoms with E-state index in [0.717, 1.165) is 11.3 Å². The van der Waals surface area contributed by atoms with E-state index in [9.17, 15) is 14.4 Å². The maximum absolute atomic E-state index is 14.5. The van der Waals surface area contributed by atoms with Crippen molar-refractivity contribution in [3.05, 3.63) is 127 Å². The predicted molar refractivity (Wildman–Crippen MR) is 151 cm³/mol. The fourth-order valence-corrected chi connectivity index (χ4v) is 7.66. The van der Waals surface area contributed by atoms with Gasteiger partial charge in [0.05, 0.1) is 10.9 Å². The van der Waals surface area contributed by atoms with Crippen LogP contribution < -0.4 is 4.90 Å². The van der Waals surface area contributed by atoms with Crippen molar-refractivity contribution in [3.8, 4) is 0 Å². The first-order chi connectivity index (χ1) is 18.4. The maximum Gasteiger partial charge on any atom is 0.195 e. The highest BCUT2D eigenvalue weighted by atomic mass is 35.5. The van der Waals surface area contributed by atoms with Gasteiger partial charge < -0.3 is 4.90 Å². The van der Waals surface area contributed by atoms with Gasteiger partial charge in [0.25, 0.3) is 0 Å². The molecule has 186 valence electrons. The third-order valence-corrected chi connectivity index (χ3v) is 9.36. The van der Waals surface area contributed by atoms with E-state index in [1.54, 1.807) is 54.6 Å². The zero-order valence-corrected chi connectivity index (χ0v) is 22.1. The summed E-state index contributed by atoms with van der Waals surface area (Å²) in [5, 5.41) is 2.90. The van der Waals surface area contributed by atoms with Gasteiger partial charge in [0.2, 0.25) is 0 Å². The van der Waals surface area contributed by atoms with E-state index in [1.807, 2.05) is 46.7 Å². The molecule has 4 nitrogen and oxygen atoms in total. The lowest BCUT2D eigenvalue weighted by Crippen LogP contribution is -2.48. The highest BCUT2D eigenvalue weighted by molar-refractivity contribution is 7.12. The van der Waals surface area contributed by atoms with Gasteiger partial charge in [0.1, 0.15) is 11.5 Å². The number of thiophene rings is 1. The molecule has 3 aliphatic rings. The summed E-state index contributed by atoms with van der Waals surface area (Å²) >= 11 is 14.1. The molecule has 3 atom stereocenters. The Kier molecular flexibility index (Phi) is 5.28. The number of hydrogen-bond donors (Lipinski definition) is 0. The standard InChI is InChI=1S/C31H19Cl2NO3S/c32-19-6-3-5-18(16-19)26-27(28(35)24-9-4-14-38-24)34-23-12-11-20(33)15-17(23)10-13-25(34)31(26)29(36)21-7-1-2-8-22(21)30(31)37/h1-16,25-27H/t25-,26+,27-/m0/s1. The summed E-state index contributed by atoms with van der Waals surface area (Å²) in [6, 6.07) is 21.7. The first-order valence-electron chi connectivity index (χ1n) is 12.2. The number of hydrogen-bond acceptors (Lipinski definition) is 5. The number of carbonyl (C=O) groups is 3. The van der Waals surface area contributed by atoms with Crippen LogP contribution >= 0.6 is 34.5 Å². The molecule has 0 N–H and O–H groups in total. The number of fused-ring (bicyclic) bond motifs is 5. The molecule has 1 saturated heterocycles. The van der Waals surface area contributed by atoms with Gasteiger partial charge in [-0.25, -0.2) is 0 Å². The van der Waals surface area contributed by atoms with Crippen LogP contribution in [0.2, 0.25) is 10.0 Å². The highest BCUT2D eigenvalue weighted by Gasteiger charge is 2.71. The molecular weight excluding hydrogens is 537 g/mol. The predicted octanol–water partition coefficient (Wildman–Crippen LogP) is 7.37. The van der Waals surface area contributed by atoms with Crippen LogP contribution in [0.3, 0.4) is 0 Å². The van der Waals surface area contributed by atoms with Gasteiger partial charge in [-0.15, -0.1) is 11.3 Å². The first kappa shape index (κ1) is 23.6. The molecule has 3 aromatic carbocycles. The van der Waals surface area contributed by atoms with Gasteiger partial charge in [-0.2, -0.15) is 0 Å². The van der Waals surface area contributed by atoms with Crippen molar-refractivity contribution in [3.63, 3.8) is 0 Å². The summed E-state index contributed by atoms with van der Waals surface area (Å²) in [6.45, 7) is 0. The number of rotatable bonds is 3. The van der Waals surface area contributed by atoms with Crippen molar-refractivity contribution in [2.24, 2.45) is 5.41 Å². The van der Waals surface area contributed by atoms with Crippen LogP contribution in [0, 0.1) is 5.41 Å². The lowest BCUT2D eigenvalue weighted by Gasteiger charge is -2.37. The van der Waals surface area contributed by atoms with Gasteiger partial charge in [-0.3, -0.25) is 14.4 Å². The van der Waals surface area contributed by atoms with Crippen LogP contribution in [-0.2, 0) is 0 Å². The molecule has 1 aliphatic carbocycles. The van der Waals surface area contributed by atoms with Gasteiger partial charge in [0.15, 0.2) is 17.3 Å². The van der Waals surface area contributed by atoms with Crippen LogP contribution in [0.15, 0.2) is 90.3 Å². The number of benzene rings is 3. The van der Waals surface area contributed by atoms with E-state index < -0.39 is 23.4 Å². The Morgan fingerprint density at radius 1 is 0.842 bits per heavy atom. The fourth-order valence-electron chi connectivity index (χ4n) is 6.59. The summed E-state index contributed by atoms with van der Waals surface area (Å²) in [5.41, 5.74) is 1.51. The van der Waals surface area contributed by atoms with Crippen LogP contribution in [0.25, 0.3) is 6.08 Å². The summed E-state index contributed by atoms with van der Waals surface area (Å²) in [4.78, 5) is 46.0. The Balaban J connectivity index is 1.57. The third-order valence-electron chi connectivity index (χ3n) is 8.01. The lowest BCUT2D eigenvalue weighted by molar-refractivity contribution is 0.0666. The van der Waals surface area contributed by atoms with E-state index in [1.165, 1.54) is 11.3 Å². The van der Waals surface area contributed by atoms with Gasteiger partial charge in [-0.1, -0.05) is 77.8 Å². The van der Waals surface area contributed by atoms with E-state index >= 15 is 0 Å². The molecule has 4 aromatic rings. The normalized spacial score (nSPS) is 22.5. The quantitative estimate of drug-likeness (QED) is 0.195. The number of nitrogens with zero attached hydrogens (tertiary/aromatic N) is 1. The van der Waals surface area contributed by atoms with Crippen molar-refractivity contribution in [2.75, 3.05) is 4.90 Å². The molecule has 1 aromatic heterocycles. The van der Waals surface area contributed by atoms with Crippen LogP contribution in [0.4, 0.5) is 5.69 Å². The molecule has 0 amide bonds. The molecule has 0 radical (unpaired) electrons. The number of anilines is 1. The minimum absolute atomic E-state index is 0.139. The molecule has 2 aliphatic heterocycles. The zero-order chi connectivity index (χ0) is 26.2. The molecule has 3 heterocycles. The molecule has 7 heteroatoms. The van der Waals surface area contributed by atoms with Crippen molar-refractivity contribution in [1.82, 2.24) is 0 Å². The molecule has 0 unspecified atom stereocenters. The topological polar surface area (TPSA) is 54.5 Å². The summed E-state index contributed by atoms with van der Waals surface area (Å²) in [7, 11) is 0. The molecule has 0 saturated carbocycles. The fraction of sp³-hybridized carbons (Fsp3) is 0.129. The average Bonchev–Trinajstić information content (AvgIpc) is 3.62. The van der Waals surface area contributed by atoms with E-state index in [2.05, 4.69) is 0 Å². The van der Waals surface area contributed by atoms with Crippen LogP contribution in [0.1, 0.15) is 47.4 Å². The number of ketones is 3. The van der Waals surface area contributed by atoms with E-state index in [0.29, 0.717) is 31.6 Å². The van der Waals surface area contributed by atoms with Crippen molar-refractivity contribution in [1.29, 1.82) is 0 Å². The Morgan fingerprint density at radius 2 is 1.58 bits per heavy atom. The minimum atomic E-state index is -1.54. The Bertz CT molecular complexity index is 1660. The highest BCUT2D eigenvalue weighted by Crippen LogP contribution is 2.61. The molecule has 7 rings (SSSR count). The Hall–Kier alpha value is -3.51. The Labute approximate surface area is 233 Å². The second-order valence-electron chi connectivity index (χ2n) is 9.81. The smallest absolute Gasteiger partial charge is 0.195 e.